The van der Waals surface area contributed by atoms with Crippen molar-refractivity contribution in [2.75, 3.05) is 19.3 Å². The molecule has 15 heavy (non-hydrogen) atoms. The second kappa shape index (κ2) is 3.52. The van der Waals surface area contributed by atoms with Gasteiger partial charge in [-0.3, -0.25) is 9.89 Å². The van der Waals surface area contributed by atoms with Gasteiger partial charge in [0, 0.05) is 13.6 Å². The summed E-state index contributed by atoms with van der Waals surface area (Å²) in [5.74, 6) is 1.53. The van der Waals surface area contributed by atoms with Crippen LogP contribution in [0.5, 0.6) is 0 Å². The standard InChI is InChI=1S/C9H15N5O/c1-5-3-6(5)4-14(2)8(15)7-11-9(10)13-12-7/h5-6H,3-4H2,1-2H3,(H3,10,11,12,13). The molecule has 1 amide bonds. The van der Waals surface area contributed by atoms with Crippen LogP contribution in [-0.2, 0) is 0 Å². The predicted molar refractivity (Wildman–Crippen MR) is 55.0 cm³/mol. The van der Waals surface area contributed by atoms with Crippen molar-refractivity contribution in [2.45, 2.75) is 13.3 Å². The van der Waals surface area contributed by atoms with Crippen LogP contribution in [0.15, 0.2) is 0 Å². The molecule has 1 aliphatic carbocycles. The van der Waals surface area contributed by atoms with Gasteiger partial charge in [-0.25, -0.2) is 0 Å². The Hall–Kier alpha value is -1.59. The number of aromatic amines is 1. The maximum absolute atomic E-state index is 11.8. The molecule has 0 saturated heterocycles. The Morgan fingerprint density at radius 2 is 2.40 bits per heavy atom. The first-order chi connectivity index (χ1) is 7.08. The number of H-pyrrole nitrogens is 1. The van der Waals surface area contributed by atoms with Crippen LogP contribution in [0, 0.1) is 11.8 Å². The monoisotopic (exact) mass is 209 g/mol. The summed E-state index contributed by atoms with van der Waals surface area (Å²) in [5.41, 5.74) is 5.33. The van der Waals surface area contributed by atoms with Crippen LogP contribution in [0.25, 0.3) is 0 Å². The van der Waals surface area contributed by atoms with E-state index in [1.165, 1.54) is 6.42 Å². The normalized spacial score (nSPS) is 23.9. The summed E-state index contributed by atoms with van der Waals surface area (Å²) in [5, 5.41) is 6.14. The van der Waals surface area contributed by atoms with E-state index in [1.807, 2.05) is 0 Å². The molecule has 0 radical (unpaired) electrons. The molecule has 6 nitrogen and oxygen atoms in total. The topological polar surface area (TPSA) is 87.9 Å². The molecule has 1 heterocycles. The van der Waals surface area contributed by atoms with Crippen LogP contribution in [0.2, 0.25) is 0 Å². The predicted octanol–water partition coefficient (Wildman–Crippen LogP) is 0.115. The first-order valence-electron chi connectivity index (χ1n) is 5.01. The lowest BCUT2D eigenvalue weighted by Crippen LogP contribution is -2.30. The van der Waals surface area contributed by atoms with E-state index < -0.39 is 0 Å². The van der Waals surface area contributed by atoms with Crippen LogP contribution in [0.1, 0.15) is 24.0 Å². The minimum atomic E-state index is -0.154. The number of hydrogen-bond donors (Lipinski definition) is 2. The van der Waals surface area contributed by atoms with Gasteiger partial charge in [0.15, 0.2) is 0 Å². The van der Waals surface area contributed by atoms with Crippen molar-refractivity contribution >= 4 is 11.9 Å². The fraction of sp³-hybridized carbons (Fsp3) is 0.667. The summed E-state index contributed by atoms with van der Waals surface area (Å²) in [4.78, 5) is 17.2. The van der Waals surface area contributed by atoms with Gasteiger partial charge in [-0.2, -0.15) is 4.98 Å². The minimum absolute atomic E-state index is 0.103. The van der Waals surface area contributed by atoms with Crippen molar-refractivity contribution < 1.29 is 4.79 Å². The van der Waals surface area contributed by atoms with Crippen molar-refractivity contribution in [1.82, 2.24) is 20.1 Å². The Balaban J connectivity index is 1.95. The molecule has 1 saturated carbocycles. The second-order valence-corrected chi connectivity index (χ2v) is 4.20. The quantitative estimate of drug-likeness (QED) is 0.739. The van der Waals surface area contributed by atoms with E-state index in [4.69, 9.17) is 5.73 Å². The van der Waals surface area contributed by atoms with Crippen LogP contribution in [0.3, 0.4) is 0 Å². The molecule has 0 spiro atoms. The summed E-state index contributed by atoms with van der Waals surface area (Å²) in [6.45, 7) is 2.97. The van der Waals surface area contributed by atoms with Crippen LogP contribution < -0.4 is 5.73 Å². The number of amides is 1. The van der Waals surface area contributed by atoms with E-state index in [9.17, 15) is 4.79 Å². The SMILES string of the molecule is CC1CC1CN(C)C(=O)c1nc(N)n[nH]1. The Labute approximate surface area is 87.9 Å². The van der Waals surface area contributed by atoms with E-state index in [1.54, 1.807) is 11.9 Å². The number of hydrogen-bond acceptors (Lipinski definition) is 4. The number of carbonyl (C=O) groups excluding carboxylic acids is 1. The molecule has 1 fully saturated rings. The fourth-order valence-electron chi connectivity index (χ4n) is 1.64. The van der Waals surface area contributed by atoms with Gasteiger partial charge in [-0.05, 0) is 18.3 Å². The zero-order chi connectivity index (χ0) is 11.0. The Morgan fingerprint density at radius 1 is 1.73 bits per heavy atom. The molecule has 2 unspecified atom stereocenters. The first kappa shape index (κ1) is 9.95. The number of nitrogens with one attached hydrogen (secondary N) is 1. The third-order valence-corrected chi connectivity index (χ3v) is 2.84. The third kappa shape index (κ3) is 2.08. The maximum Gasteiger partial charge on any atom is 0.290 e. The number of nitrogen functional groups attached to an aromatic ring is 1. The number of aromatic nitrogens is 3. The summed E-state index contributed by atoms with van der Waals surface area (Å²) in [6.07, 6.45) is 1.20. The van der Waals surface area contributed by atoms with Gasteiger partial charge in [0.2, 0.25) is 11.8 Å². The van der Waals surface area contributed by atoms with Crippen molar-refractivity contribution in [3.63, 3.8) is 0 Å². The van der Waals surface area contributed by atoms with Crippen molar-refractivity contribution in [3.8, 4) is 0 Å². The molecule has 3 N–H and O–H groups in total. The Morgan fingerprint density at radius 3 is 2.87 bits per heavy atom. The lowest BCUT2D eigenvalue weighted by atomic mass is 10.3. The molecule has 2 rings (SSSR count). The minimum Gasteiger partial charge on any atom is -0.366 e. The van der Waals surface area contributed by atoms with Gasteiger partial charge in [0.05, 0.1) is 0 Å². The number of nitrogens with two attached hydrogens (primary N) is 1. The zero-order valence-corrected chi connectivity index (χ0v) is 8.90. The van der Waals surface area contributed by atoms with Gasteiger partial charge in [-0.15, -0.1) is 5.10 Å². The molecular weight excluding hydrogens is 194 g/mol. The van der Waals surface area contributed by atoms with Crippen LogP contribution in [0.4, 0.5) is 5.95 Å². The smallest absolute Gasteiger partial charge is 0.290 e. The summed E-state index contributed by atoms with van der Waals surface area (Å²) < 4.78 is 0. The summed E-state index contributed by atoms with van der Waals surface area (Å²) >= 11 is 0. The largest absolute Gasteiger partial charge is 0.366 e. The van der Waals surface area contributed by atoms with E-state index in [2.05, 4.69) is 22.1 Å². The molecule has 1 aromatic heterocycles. The van der Waals surface area contributed by atoms with Gasteiger partial charge in [0.1, 0.15) is 0 Å². The number of carbonyl (C=O) groups is 1. The summed E-state index contributed by atoms with van der Waals surface area (Å²) in [6, 6.07) is 0. The number of rotatable bonds is 3. The van der Waals surface area contributed by atoms with E-state index in [0.29, 0.717) is 5.92 Å². The molecule has 1 aromatic rings. The highest BCUT2D eigenvalue weighted by molar-refractivity contribution is 5.90. The maximum atomic E-state index is 11.8. The Bertz CT molecular complexity index is 374. The lowest BCUT2D eigenvalue weighted by Gasteiger charge is -2.14. The van der Waals surface area contributed by atoms with Crippen molar-refractivity contribution in [1.29, 1.82) is 0 Å². The average molecular weight is 209 g/mol. The van der Waals surface area contributed by atoms with Crippen molar-refractivity contribution in [3.05, 3.63) is 5.82 Å². The molecule has 1 aliphatic rings. The average Bonchev–Trinajstić information content (AvgIpc) is 2.71. The van der Waals surface area contributed by atoms with Crippen LogP contribution >= 0.6 is 0 Å². The molecule has 0 aliphatic heterocycles. The van der Waals surface area contributed by atoms with E-state index in [0.717, 1.165) is 12.5 Å². The highest BCUT2D eigenvalue weighted by Gasteiger charge is 2.34. The second-order valence-electron chi connectivity index (χ2n) is 4.20. The fourth-order valence-corrected chi connectivity index (χ4v) is 1.64. The van der Waals surface area contributed by atoms with Crippen LogP contribution in [-0.4, -0.2) is 39.6 Å². The highest BCUT2D eigenvalue weighted by atomic mass is 16.2. The molecular formula is C9H15N5O. The van der Waals surface area contributed by atoms with Gasteiger partial charge >= 0.3 is 0 Å². The van der Waals surface area contributed by atoms with Gasteiger partial charge in [0.25, 0.3) is 5.91 Å². The van der Waals surface area contributed by atoms with Gasteiger partial charge in [-0.1, -0.05) is 6.92 Å². The Kier molecular flexibility index (Phi) is 2.34. The third-order valence-electron chi connectivity index (χ3n) is 2.84. The van der Waals surface area contributed by atoms with Crippen molar-refractivity contribution in [2.24, 2.45) is 11.8 Å². The highest BCUT2D eigenvalue weighted by Crippen LogP contribution is 2.38. The molecule has 0 bridgehead atoms. The zero-order valence-electron chi connectivity index (χ0n) is 8.90. The van der Waals surface area contributed by atoms with E-state index in [-0.39, 0.29) is 17.7 Å². The number of nitrogens with zero attached hydrogens (tertiary/aromatic N) is 3. The number of anilines is 1. The van der Waals surface area contributed by atoms with Gasteiger partial charge < -0.3 is 10.6 Å². The molecule has 2 atom stereocenters. The summed E-state index contributed by atoms with van der Waals surface area (Å²) in [7, 11) is 1.77. The first-order valence-corrected chi connectivity index (χ1v) is 5.01. The molecule has 0 aromatic carbocycles. The molecule has 6 heteroatoms. The molecule has 82 valence electrons. The van der Waals surface area contributed by atoms with E-state index >= 15 is 0 Å². The lowest BCUT2D eigenvalue weighted by molar-refractivity contribution is 0.0775.